The van der Waals surface area contributed by atoms with Crippen LogP contribution in [-0.2, 0) is 15.5 Å². The molecule has 1 atom stereocenters. The maximum Gasteiger partial charge on any atom is 0.325 e. The number of rotatable bonds is 5. The fourth-order valence-electron chi connectivity index (χ4n) is 0.945. The summed E-state index contributed by atoms with van der Waals surface area (Å²) in [4.78, 5) is 8.79. The number of hydrogen-bond donors (Lipinski definition) is 1. The smallest absolute Gasteiger partial charge is 0.325 e. The standard InChI is InChI=1S/C8H13O4P/c1-13(9,10)12-5-2-3-8-4-6-11-7-8/h4,6-7H,2-3,5H2,1H3,(H,9,10). The van der Waals surface area contributed by atoms with Crippen molar-refractivity contribution in [3.8, 4) is 0 Å². The van der Waals surface area contributed by atoms with Gasteiger partial charge in [0.2, 0.25) is 0 Å². The molecule has 0 amide bonds. The zero-order chi connectivity index (χ0) is 9.73. The molecule has 0 radical (unpaired) electrons. The van der Waals surface area contributed by atoms with E-state index in [-0.39, 0.29) is 0 Å². The van der Waals surface area contributed by atoms with E-state index >= 15 is 0 Å². The van der Waals surface area contributed by atoms with Gasteiger partial charge in [0.15, 0.2) is 0 Å². The first-order chi connectivity index (χ1) is 6.08. The van der Waals surface area contributed by atoms with E-state index < -0.39 is 7.60 Å². The molecule has 0 saturated carbocycles. The van der Waals surface area contributed by atoms with E-state index in [1.54, 1.807) is 12.5 Å². The molecule has 74 valence electrons. The molecule has 1 rings (SSSR count). The molecule has 0 saturated heterocycles. The molecule has 4 nitrogen and oxygen atoms in total. The molecule has 1 aromatic heterocycles. The van der Waals surface area contributed by atoms with Crippen LogP contribution >= 0.6 is 7.60 Å². The quantitative estimate of drug-likeness (QED) is 0.589. The highest BCUT2D eigenvalue weighted by molar-refractivity contribution is 7.51. The van der Waals surface area contributed by atoms with Crippen molar-refractivity contribution in [1.29, 1.82) is 0 Å². The Kier molecular flexibility index (Phi) is 3.72. The first-order valence-corrected chi connectivity index (χ1v) is 6.06. The average molecular weight is 204 g/mol. The zero-order valence-corrected chi connectivity index (χ0v) is 8.37. The van der Waals surface area contributed by atoms with Gasteiger partial charge in [-0.15, -0.1) is 0 Å². The first-order valence-electron chi connectivity index (χ1n) is 4.04. The summed E-state index contributed by atoms with van der Waals surface area (Å²) in [6.45, 7) is 1.49. The van der Waals surface area contributed by atoms with E-state index in [1.807, 2.05) is 6.07 Å². The second-order valence-electron chi connectivity index (χ2n) is 2.87. The van der Waals surface area contributed by atoms with E-state index in [9.17, 15) is 4.57 Å². The Morgan fingerprint density at radius 1 is 1.69 bits per heavy atom. The van der Waals surface area contributed by atoms with Crippen LogP contribution in [-0.4, -0.2) is 18.2 Å². The molecule has 1 aromatic rings. The number of hydrogen-bond acceptors (Lipinski definition) is 3. The van der Waals surface area contributed by atoms with Crippen LogP contribution < -0.4 is 0 Å². The lowest BCUT2D eigenvalue weighted by molar-refractivity contribution is 0.261. The molecule has 0 spiro atoms. The molecule has 1 unspecified atom stereocenters. The molecule has 0 aromatic carbocycles. The number of aryl methyl sites for hydroxylation is 1. The lowest BCUT2D eigenvalue weighted by Crippen LogP contribution is -1.93. The van der Waals surface area contributed by atoms with Gasteiger partial charge in [0.25, 0.3) is 0 Å². The van der Waals surface area contributed by atoms with Crippen LogP contribution in [0, 0.1) is 0 Å². The average Bonchev–Trinajstić information content (AvgIpc) is 2.48. The molecule has 5 heteroatoms. The highest BCUT2D eigenvalue weighted by atomic mass is 31.2. The largest absolute Gasteiger partial charge is 0.472 e. The van der Waals surface area contributed by atoms with Gasteiger partial charge in [0.05, 0.1) is 19.1 Å². The minimum Gasteiger partial charge on any atom is -0.472 e. The van der Waals surface area contributed by atoms with E-state index in [0.717, 1.165) is 18.4 Å². The lowest BCUT2D eigenvalue weighted by Gasteiger charge is -2.05. The van der Waals surface area contributed by atoms with Crippen molar-refractivity contribution < 1.29 is 18.4 Å². The Balaban J connectivity index is 2.12. The SMILES string of the molecule is CP(=O)(O)OCCCc1ccoc1. The molecule has 13 heavy (non-hydrogen) atoms. The Labute approximate surface area is 77.1 Å². The summed E-state index contributed by atoms with van der Waals surface area (Å²) >= 11 is 0. The van der Waals surface area contributed by atoms with Crippen molar-refractivity contribution in [1.82, 2.24) is 0 Å². The van der Waals surface area contributed by atoms with Crippen LogP contribution in [0.15, 0.2) is 23.0 Å². The summed E-state index contributed by atoms with van der Waals surface area (Å²) in [5, 5.41) is 0. The minimum atomic E-state index is -3.30. The number of furan rings is 1. The third-order valence-electron chi connectivity index (χ3n) is 1.52. The van der Waals surface area contributed by atoms with Crippen molar-refractivity contribution in [2.45, 2.75) is 12.8 Å². The van der Waals surface area contributed by atoms with Gasteiger partial charge < -0.3 is 13.8 Å². The van der Waals surface area contributed by atoms with Crippen molar-refractivity contribution in [2.24, 2.45) is 0 Å². The third kappa shape index (κ3) is 4.88. The van der Waals surface area contributed by atoms with E-state index in [2.05, 4.69) is 0 Å². The van der Waals surface area contributed by atoms with Gasteiger partial charge in [0.1, 0.15) is 0 Å². The predicted molar refractivity (Wildman–Crippen MR) is 48.7 cm³/mol. The van der Waals surface area contributed by atoms with Gasteiger partial charge in [-0.2, -0.15) is 0 Å². The molecular weight excluding hydrogens is 191 g/mol. The van der Waals surface area contributed by atoms with Gasteiger partial charge in [-0.25, -0.2) is 0 Å². The van der Waals surface area contributed by atoms with Gasteiger partial charge in [-0.05, 0) is 24.5 Å². The van der Waals surface area contributed by atoms with Crippen molar-refractivity contribution in [2.75, 3.05) is 13.3 Å². The fraction of sp³-hybridized carbons (Fsp3) is 0.500. The Morgan fingerprint density at radius 3 is 3.00 bits per heavy atom. The van der Waals surface area contributed by atoms with Crippen LogP contribution in [0.4, 0.5) is 0 Å². The molecule has 1 heterocycles. The van der Waals surface area contributed by atoms with E-state index in [4.69, 9.17) is 13.8 Å². The summed E-state index contributed by atoms with van der Waals surface area (Å²) in [6.07, 6.45) is 4.78. The molecule has 0 bridgehead atoms. The fourth-order valence-corrected chi connectivity index (χ4v) is 1.41. The van der Waals surface area contributed by atoms with E-state index in [1.165, 1.54) is 6.66 Å². The van der Waals surface area contributed by atoms with Crippen LogP contribution in [0.1, 0.15) is 12.0 Å². The predicted octanol–water partition coefficient (Wildman–Crippen LogP) is 2.04. The van der Waals surface area contributed by atoms with Gasteiger partial charge in [-0.3, -0.25) is 4.57 Å². The summed E-state index contributed by atoms with van der Waals surface area (Å²) in [6, 6.07) is 1.87. The Morgan fingerprint density at radius 2 is 2.46 bits per heavy atom. The normalized spacial score (nSPS) is 15.5. The van der Waals surface area contributed by atoms with Gasteiger partial charge in [-0.1, -0.05) is 0 Å². The summed E-state index contributed by atoms with van der Waals surface area (Å²) in [5.74, 6) is 0. The van der Waals surface area contributed by atoms with Crippen LogP contribution in [0.2, 0.25) is 0 Å². The monoisotopic (exact) mass is 204 g/mol. The van der Waals surface area contributed by atoms with Crippen molar-refractivity contribution >= 4 is 7.60 Å². The van der Waals surface area contributed by atoms with Crippen LogP contribution in [0.25, 0.3) is 0 Å². The maximum absolute atomic E-state index is 10.7. The van der Waals surface area contributed by atoms with E-state index in [0.29, 0.717) is 6.61 Å². The summed E-state index contributed by atoms with van der Waals surface area (Å²) < 4.78 is 20.3. The third-order valence-corrected chi connectivity index (χ3v) is 2.18. The second kappa shape index (κ2) is 4.61. The Hall–Kier alpha value is -0.570. The molecule has 0 aliphatic heterocycles. The highest BCUT2D eigenvalue weighted by Gasteiger charge is 2.08. The van der Waals surface area contributed by atoms with Crippen LogP contribution in [0.5, 0.6) is 0 Å². The summed E-state index contributed by atoms with van der Waals surface area (Å²) in [7, 11) is -3.30. The van der Waals surface area contributed by atoms with Crippen molar-refractivity contribution in [3.63, 3.8) is 0 Å². The molecule has 0 fully saturated rings. The maximum atomic E-state index is 10.7. The molecule has 0 aliphatic rings. The summed E-state index contributed by atoms with van der Waals surface area (Å²) in [5.41, 5.74) is 1.08. The van der Waals surface area contributed by atoms with Crippen LogP contribution in [0.3, 0.4) is 0 Å². The van der Waals surface area contributed by atoms with Gasteiger partial charge >= 0.3 is 7.60 Å². The Bertz CT molecular complexity index is 274. The second-order valence-corrected chi connectivity index (χ2v) is 4.74. The minimum absolute atomic E-state index is 0.301. The lowest BCUT2D eigenvalue weighted by atomic mass is 10.2. The zero-order valence-electron chi connectivity index (χ0n) is 7.47. The topological polar surface area (TPSA) is 59.7 Å². The van der Waals surface area contributed by atoms with Crippen molar-refractivity contribution in [3.05, 3.63) is 24.2 Å². The molecular formula is C8H13O4P. The molecule has 0 aliphatic carbocycles. The van der Waals surface area contributed by atoms with Gasteiger partial charge in [0, 0.05) is 6.66 Å². The first kappa shape index (κ1) is 10.5. The highest BCUT2D eigenvalue weighted by Crippen LogP contribution is 2.36. The molecule has 1 N–H and O–H groups in total.